The van der Waals surface area contributed by atoms with Gasteiger partial charge < -0.3 is 10.2 Å². The van der Waals surface area contributed by atoms with Gasteiger partial charge in [0.15, 0.2) is 0 Å². The average molecular weight is 437 g/mol. The summed E-state index contributed by atoms with van der Waals surface area (Å²) in [6.45, 7) is 6.05. The summed E-state index contributed by atoms with van der Waals surface area (Å²) in [6.07, 6.45) is 3.74. The van der Waals surface area contributed by atoms with Crippen molar-refractivity contribution in [2.75, 3.05) is 19.6 Å². The number of piperidine rings is 1. The summed E-state index contributed by atoms with van der Waals surface area (Å²) in [7, 11) is 0. The highest BCUT2D eigenvalue weighted by Crippen LogP contribution is 2.42. The summed E-state index contributed by atoms with van der Waals surface area (Å²) < 4.78 is 13.9. The molecule has 1 aliphatic heterocycles. The maximum Gasteiger partial charge on any atom is 0.226 e. The molecule has 32 heavy (non-hydrogen) atoms. The Morgan fingerprint density at radius 3 is 2.50 bits per heavy atom. The monoisotopic (exact) mass is 436 g/mol. The Morgan fingerprint density at radius 1 is 1.12 bits per heavy atom. The summed E-state index contributed by atoms with van der Waals surface area (Å²) in [5.41, 5.74) is 2.25. The fourth-order valence-electron chi connectivity index (χ4n) is 4.94. The Morgan fingerprint density at radius 2 is 1.84 bits per heavy atom. The van der Waals surface area contributed by atoms with E-state index in [4.69, 9.17) is 0 Å². The van der Waals surface area contributed by atoms with E-state index in [-0.39, 0.29) is 23.5 Å². The lowest BCUT2D eigenvalue weighted by molar-refractivity contribution is -0.141. The summed E-state index contributed by atoms with van der Waals surface area (Å²) >= 11 is 0. The van der Waals surface area contributed by atoms with Gasteiger partial charge >= 0.3 is 0 Å². The molecule has 170 valence electrons. The molecule has 0 radical (unpaired) electrons. The molecule has 4 rings (SSSR count). The normalized spacial score (nSPS) is 21.8. The van der Waals surface area contributed by atoms with E-state index in [0.717, 1.165) is 29.5 Å². The van der Waals surface area contributed by atoms with E-state index in [1.807, 2.05) is 42.2 Å². The first-order valence-electron chi connectivity index (χ1n) is 11.8. The van der Waals surface area contributed by atoms with Gasteiger partial charge in [-0.15, -0.1) is 0 Å². The number of rotatable bonds is 7. The first-order chi connectivity index (χ1) is 15.4. The molecule has 2 fully saturated rings. The van der Waals surface area contributed by atoms with Crippen LogP contribution in [0, 0.1) is 23.1 Å². The highest BCUT2D eigenvalue weighted by molar-refractivity contribution is 5.85. The van der Waals surface area contributed by atoms with E-state index in [0.29, 0.717) is 44.8 Å². The number of likely N-dealkylation sites (tertiary alicyclic amines) is 1. The van der Waals surface area contributed by atoms with E-state index in [2.05, 4.69) is 12.2 Å². The van der Waals surface area contributed by atoms with Crippen molar-refractivity contribution in [2.24, 2.45) is 17.3 Å². The molecule has 2 atom stereocenters. The molecular formula is C27H33FN2O2. The fraction of sp³-hybridized carbons (Fsp3) is 0.481. The van der Waals surface area contributed by atoms with Crippen LogP contribution >= 0.6 is 0 Å². The van der Waals surface area contributed by atoms with Crippen LogP contribution in [0.5, 0.6) is 0 Å². The molecule has 2 amide bonds. The topological polar surface area (TPSA) is 49.4 Å². The number of hydrogen-bond donors (Lipinski definition) is 1. The Balaban J connectivity index is 1.59. The van der Waals surface area contributed by atoms with Crippen LogP contribution < -0.4 is 5.32 Å². The summed E-state index contributed by atoms with van der Waals surface area (Å²) in [5.74, 6) is 0.708. The molecule has 4 nitrogen and oxygen atoms in total. The summed E-state index contributed by atoms with van der Waals surface area (Å²) in [4.78, 5) is 28.1. The maximum atomic E-state index is 13.9. The molecule has 2 aromatic carbocycles. The third-order valence-corrected chi connectivity index (χ3v) is 7.16. The van der Waals surface area contributed by atoms with Gasteiger partial charge in [0, 0.05) is 25.6 Å². The fourth-order valence-corrected chi connectivity index (χ4v) is 4.94. The van der Waals surface area contributed by atoms with E-state index >= 15 is 0 Å². The Kier molecular flexibility index (Phi) is 6.63. The summed E-state index contributed by atoms with van der Waals surface area (Å²) in [5, 5.41) is 3.12. The average Bonchev–Trinajstić information content (AvgIpc) is 3.54. The predicted molar refractivity (Wildman–Crippen MR) is 124 cm³/mol. The zero-order valence-electron chi connectivity index (χ0n) is 19.1. The molecule has 2 aliphatic rings. The zero-order valence-corrected chi connectivity index (χ0v) is 19.1. The Labute approximate surface area is 190 Å². The molecule has 1 heterocycles. The lowest BCUT2D eigenvalue weighted by Crippen LogP contribution is -2.51. The van der Waals surface area contributed by atoms with Crippen molar-refractivity contribution < 1.29 is 14.0 Å². The number of carbonyl (C=O) groups is 2. The maximum absolute atomic E-state index is 13.9. The number of halogens is 1. The zero-order chi connectivity index (χ0) is 22.7. The van der Waals surface area contributed by atoms with Crippen molar-refractivity contribution in [1.29, 1.82) is 0 Å². The van der Waals surface area contributed by atoms with Gasteiger partial charge in [-0.2, -0.15) is 0 Å². The minimum atomic E-state index is -0.565. The number of carbonyl (C=O) groups excluding carboxylic acids is 2. The quantitative estimate of drug-likeness (QED) is 0.676. The highest BCUT2D eigenvalue weighted by Gasteiger charge is 2.46. The van der Waals surface area contributed by atoms with Crippen LogP contribution in [-0.4, -0.2) is 36.3 Å². The second-order valence-corrected chi connectivity index (χ2v) is 9.53. The van der Waals surface area contributed by atoms with Crippen LogP contribution in [0.2, 0.25) is 0 Å². The predicted octanol–water partition coefficient (Wildman–Crippen LogP) is 4.83. The van der Waals surface area contributed by atoms with Crippen LogP contribution in [-0.2, 0) is 16.0 Å². The first-order valence-corrected chi connectivity index (χ1v) is 11.8. The molecule has 0 aromatic heterocycles. The second kappa shape index (κ2) is 9.43. The minimum Gasteiger partial charge on any atom is -0.356 e. The van der Waals surface area contributed by atoms with E-state index in [1.54, 1.807) is 12.1 Å². The molecule has 0 bridgehead atoms. The molecular weight excluding hydrogens is 403 g/mol. The molecule has 1 saturated heterocycles. The van der Waals surface area contributed by atoms with Gasteiger partial charge in [0.25, 0.3) is 0 Å². The Hall–Kier alpha value is -2.69. The molecule has 0 spiro atoms. The number of hydrogen-bond acceptors (Lipinski definition) is 2. The standard InChI is InChI=1S/C27H33FN2O2/c1-3-13-29-26(32)27(11-14-30(15-12-27)25(31)24-16-19(24)2)18-21-7-4-5-10-23(21)20-8-6-9-22(28)17-20/h4-10,17,19,24H,3,11-16,18H2,1-2H3,(H,29,32)/t19-,24+/m1/s1. The SMILES string of the molecule is CCCNC(=O)C1(Cc2ccccc2-c2cccc(F)c2)CCN(C(=O)[C@H]2C[C@H]2C)CC1. The van der Waals surface area contributed by atoms with Gasteiger partial charge in [-0.1, -0.05) is 50.2 Å². The van der Waals surface area contributed by atoms with Crippen molar-refractivity contribution in [2.45, 2.75) is 46.0 Å². The van der Waals surface area contributed by atoms with Crippen LogP contribution in [0.25, 0.3) is 11.1 Å². The van der Waals surface area contributed by atoms with E-state index in [1.165, 1.54) is 6.07 Å². The number of amides is 2. The van der Waals surface area contributed by atoms with E-state index < -0.39 is 5.41 Å². The molecule has 1 aliphatic carbocycles. The molecule has 0 unspecified atom stereocenters. The van der Waals surface area contributed by atoms with Gasteiger partial charge in [-0.3, -0.25) is 9.59 Å². The van der Waals surface area contributed by atoms with Crippen molar-refractivity contribution in [3.8, 4) is 11.1 Å². The van der Waals surface area contributed by atoms with Crippen LogP contribution in [0.4, 0.5) is 4.39 Å². The van der Waals surface area contributed by atoms with Crippen molar-refractivity contribution in [3.63, 3.8) is 0 Å². The Bertz CT molecular complexity index is 981. The number of nitrogens with zero attached hydrogens (tertiary/aromatic N) is 1. The number of benzene rings is 2. The second-order valence-electron chi connectivity index (χ2n) is 9.53. The van der Waals surface area contributed by atoms with Crippen molar-refractivity contribution in [3.05, 3.63) is 59.9 Å². The molecule has 2 aromatic rings. The highest BCUT2D eigenvalue weighted by atomic mass is 19.1. The van der Waals surface area contributed by atoms with Gasteiger partial charge in [-0.25, -0.2) is 4.39 Å². The lowest BCUT2D eigenvalue weighted by Gasteiger charge is -2.41. The van der Waals surface area contributed by atoms with Gasteiger partial charge in [-0.05, 0) is 66.8 Å². The third kappa shape index (κ3) is 4.72. The third-order valence-electron chi connectivity index (χ3n) is 7.16. The first kappa shape index (κ1) is 22.5. The van der Waals surface area contributed by atoms with Gasteiger partial charge in [0.2, 0.25) is 11.8 Å². The van der Waals surface area contributed by atoms with Crippen LogP contribution in [0.3, 0.4) is 0 Å². The molecule has 1 saturated carbocycles. The molecule has 5 heteroatoms. The van der Waals surface area contributed by atoms with Crippen molar-refractivity contribution in [1.82, 2.24) is 10.2 Å². The van der Waals surface area contributed by atoms with Crippen LogP contribution in [0.15, 0.2) is 48.5 Å². The number of nitrogens with one attached hydrogen (secondary N) is 1. The largest absolute Gasteiger partial charge is 0.356 e. The van der Waals surface area contributed by atoms with E-state index in [9.17, 15) is 14.0 Å². The smallest absolute Gasteiger partial charge is 0.226 e. The minimum absolute atomic E-state index is 0.0697. The lowest BCUT2D eigenvalue weighted by atomic mass is 9.72. The van der Waals surface area contributed by atoms with Gasteiger partial charge in [0.05, 0.1) is 5.41 Å². The van der Waals surface area contributed by atoms with Crippen LogP contribution in [0.1, 0.15) is 45.1 Å². The summed E-state index contributed by atoms with van der Waals surface area (Å²) in [6, 6.07) is 14.6. The van der Waals surface area contributed by atoms with Crippen molar-refractivity contribution >= 4 is 11.8 Å². The molecule has 1 N–H and O–H groups in total. The van der Waals surface area contributed by atoms with Gasteiger partial charge in [0.1, 0.15) is 5.82 Å².